The Bertz CT molecular complexity index is 685. The first-order chi connectivity index (χ1) is 12.2. The van der Waals surface area contributed by atoms with Gasteiger partial charge in [0.05, 0.1) is 0 Å². The number of carbonyl (C=O) groups excluding carboxylic acids is 1. The molecule has 2 aromatic rings. The molecule has 0 spiro atoms. The molecule has 0 aliphatic heterocycles. The van der Waals surface area contributed by atoms with Crippen LogP contribution in [0.4, 0.5) is 0 Å². The van der Waals surface area contributed by atoms with E-state index in [0.717, 1.165) is 23.3 Å². The molecule has 1 nitrogen and oxygen atoms in total. The van der Waals surface area contributed by atoms with E-state index < -0.39 is 0 Å². The van der Waals surface area contributed by atoms with Crippen LogP contribution in [0.3, 0.4) is 0 Å². The molecule has 0 heterocycles. The van der Waals surface area contributed by atoms with Crippen molar-refractivity contribution in [3.05, 3.63) is 71.3 Å². The first-order valence-electron chi connectivity index (χ1n) is 9.27. The fraction of sp³-hybridized carbons (Fsp3) is 0.348. The van der Waals surface area contributed by atoms with Crippen LogP contribution < -0.4 is 0 Å². The number of carbonyl (C=O) groups is 1. The van der Waals surface area contributed by atoms with Gasteiger partial charge in [0, 0.05) is 10.5 Å². The van der Waals surface area contributed by atoms with Gasteiger partial charge in [0.1, 0.15) is 0 Å². The molecule has 0 aromatic heterocycles. The second-order valence-electron chi connectivity index (χ2n) is 6.21. The number of hydrogen-bond acceptors (Lipinski definition) is 2. The van der Waals surface area contributed by atoms with Gasteiger partial charge in [-0.1, -0.05) is 63.5 Å². The lowest BCUT2D eigenvalue weighted by Gasteiger charge is -2.03. The molecule has 0 radical (unpaired) electrons. The number of aryl methyl sites for hydroxylation is 1. The van der Waals surface area contributed by atoms with Crippen LogP contribution in [0.1, 0.15) is 61.0 Å². The monoisotopic (exact) mass is 352 g/mol. The molecule has 0 aliphatic carbocycles. The molecular weight excluding hydrogens is 324 g/mol. The molecule has 0 aliphatic rings. The maximum absolute atomic E-state index is 12.3. The number of benzene rings is 2. The van der Waals surface area contributed by atoms with Gasteiger partial charge in [-0.2, -0.15) is 0 Å². The highest BCUT2D eigenvalue weighted by Crippen LogP contribution is 2.18. The topological polar surface area (TPSA) is 17.1 Å². The van der Waals surface area contributed by atoms with Crippen molar-refractivity contribution in [2.24, 2.45) is 0 Å². The van der Waals surface area contributed by atoms with Crippen LogP contribution in [0, 0.1) is 0 Å². The molecule has 0 N–H and O–H groups in total. The van der Waals surface area contributed by atoms with Crippen molar-refractivity contribution in [1.82, 2.24) is 0 Å². The summed E-state index contributed by atoms with van der Waals surface area (Å²) in [6, 6.07) is 16.4. The van der Waals surface area contributed by atoms with E-state index in [2.05, 4.69) is 38.1 Å². The molecule has 0 saturated heterocycles. The number of thioether (sulfide) groups is 1. The number of rotatable bonds is 10. The average Bonchev–Trinajstić information content (AvgIpc) is 2.64. The Kier molecular flexibility index (Phi) is 8.54. The summed E-state index contributed by atoms with van der Waals surface area (Å²) >= 11 is 1.79. The Morgan fingerprint density at radius 3 is 2.52 bits per heavy atom. The van der Waals surface area contributed by atoms with E-state index >= 15 is 0 Å². The van der Waals surface area contributed by atoms with Gasteiger partial charge in [-0.25, -0.2) is 0 Å². The second-order valence-corrected chi connectivity index (χ2v) is 7.55. The van der Waals surface area contributed by atoms with Crippen molar-refractivity contribution >= 4 is 23.6 Å². The lowest BCUT2D eigenvalue weighted by Crippen LogP contribution is -1.93. The van der Waals surface area contributed by atoms with E-state index in [0.29, 0.717) is 0 Å². The second kappa shape index (κ2) is 10.9. The molecule has 2 rings (SSSR count). The highest BCUT2D eigenvalue weighted by Gasteiger charge is 2.02. The van der Waals surface area contributed by atoms with Gasteiger partial charge in [-0.05, 0) is 60.1 Å². The van der Waals surface area contributed by atoms with Gasteiger partial charge in [-0.3, -0.25) is 4.79 Å². The van der Waals surface area contributed by atoms with Gasteiger partial charge in [0.15, 0.2) is 5.78 Å². The summed E-state index contributed by atoms with van der Waals surface area (Å²) in [6.45, 7) is 4.36. The van der Waals surface area contributed by atoms with Crippen LogP contribution in [0.15, 0.2) is 59.5 Å². The van der Waals surface area contributed by atoms with Crippen molar-refractivity contribution in [3.8, 4) is 0 Å². The largest absolute Gasteiger partial charge is 0.289 e. The molecule has 0 unspecified atom stereocenters. The maximum atomic E-state index is 12.3. The van der Waals surface area contributed by atoms with Crippen molar-refractivity contribution < 1.29 is 4.79 Å². The lowest BCUT2D eigenvalue weighted by molar-refractivity contribution is 0.104. The zero-order valence-corrected chi connectivity index (χ0v) is 16.1. The minimum atomic E-state index is 0.0568. The average molecular weight is 353 g/mol. The van der Waals surface area contributed by atoms with E-state index in [1.54, 1.807) is 17.8 Å². The molecule has 0 atom stereocenters. The van der Waals surface area contributed by atoms with E-state index in [1.165, 1.54) is 36.1 Å². The van der Waals surface area contributed by atoms with Crippen LogP contribution in [-0.2, 0) is 6.42 Å². The molecule has 0 saturated carbocycles. The minimum Gasteiger partial charge on any atom is -0.289 e. The maximum Gasteiger partial charge on any atom is 0.185 e. The third kappa shape index (κ3) is 6.91. The fourth-order valence-electron chi connectivity index (χ4n) is 2.76. The first kappa shape index (κ1) is 19.5. The summed E-state index contributed by atoms with van der Waals surface area (Å²) in [5.41, 5.74) is 3.19. The normalized spacial score (nSPS) is 11.1. The Morgan fingerprint density at radius 2 is 1.80 bits per heavy atom. The number of allylic oxidation sites excluding steroid dienone is 1. The summed E-state index contributed by atoms with van der Waals surface area (Å²) in [5.74, 6) is 1.10. The highest BCUT2D eigenvalue weighted by atomic mass is 32.2. The minimum absolute atomic E-state index is 0.0568. The Morgan fingerprint density at radius 1 is 1.00 bits per heavy atom. The summed E-state index contributed by atoms with van der Waals surface area (Å²) in [5, 5.41) is 0. The summed E-state index contributed by atoms with van der Waals surface area (Å²) < 4.78 is 0. The number of ketones is 1. The van der Waals surface area contributed by atoms with Crippen molar-refractivity contribution in [3.63, 3.8) is 0 Å². The van der Waals surface area contributed by atoms with Gasteiger partial charge in [0.2, 0.25) is 0 Å². The number of hydrogen-bond donors (Lipinski definition) is 0. The molecule has 2 aromatic carbocycles. The predicted octanol–water partition coefficient (Wildman–Crippen LogP) is 6.82. The van der Waals surface area contributed by atoms with Crippen LogP contribution in [0.25, 0.3) is 6.08 Å². The van der Waals surface area contributed by atoms with Gasteiger partial charge >= 0.3 is 0 Å². The SMILES string of the molecule is CCCCCCc1cccc(C=CC(=O)c2ccc(SCC)cc2)c1. The van der Waals surface area contributed by atoms with E-state index in [1.807, 2.05) is 30.3 Å². The molecule has 0 amide bonds. The zero-order valence-electron chi connectivity index (χ0n) is 15.3. The Labute approximate surface area is 156 Å². The van der Waals surface area contributed by atoms with Gasteiger partial charge in [-0.15, -0.1) is 11.8 Å². The van der Waals surface area contributed by atoms with E-state index in [-0.39, 0.29) is 5.78 Å². The third-order valence-corrected chi connectivity index (χ3v) is 5.04. The smallest absolute Gasteiger partial charge is 0.185 e. The van der Waals surface area contributed by atoms with Crippen LogP contribution in [-0.4, -0.2) is 11.5 Å². The molecular formula is C23H28OS. The van der Waals surface area contributed by atoms with Crippen LogP contribution >= 0.6 is 11.8 Å². The molecule has 0 bridgehead atoms. The summed E-state index contributed by atoms with van der Waals surface area (Å²) in [7, 11) is 0. The standard InChI is InChI=1S/C23H28OS/c1-3-5-6-7-9-19-10-8-11-20(18-19)12-17-23(24)21-13-15-22(16-14-21)25-4-2/h8,10-18H,3-7,9H2,1-2H3. The molecule has 132 valence electrons. The number of unbranched alkanes of at least 4 members (excludes halogenated alkanes) is 3. The van der Waals surface area contributed by atoms with Crippen molar-refractivity contribution in [2.75, 3.05) is 5.75 Å². The third-order valence-electron chi connectivity index (χ3n) is 4.15. The highest BCUT2D eigenvalue weighted by molar-refractivity contribution is 7.99. The molecule has 25 heavy (non-hydrogen) atoms. The molecule has 2 heteroatoms. The van der Waals surface area contributed by atoms with E-state index in [4.69, 9.17) is 0 Å². The van der Waals surface area contributed by atoms with Gasteiger partial charge in [0.25, 0.3) is 0 Å². The van der Waals surface area contributed by atoms with E-state index in [9.17, 15) is 4.79 Å². The molecule has 0 fully saturated rings. The Balaban J connectivity index is 1.94. The summed E-state index contributed by atoms with van der Waals surface area (Å²) in [4.78, 5) is 13.5. The van der Waals surface area contributed by atoms with Crippen molar-refractivity contribution in [2.45, 2.75) is 50.8 Å². The summed E-state index contributed by atoms with van der Waals surface area (Å²) in [6.07, 6.45) is 9.83. The first-order valence-corrected chi connectivity index (χ1v) is 10.3. The van der Waals surface area contributed by atoms with Crippen LogP contribution in [0.5, 0.6) is 0 Å². The van der Waals surface area contributed by atoms with Gasteiger partial charge < -0.3 is 0 Å². The predicted molar refractivity (Wildman–Crippen MR) is 110 cm³/mol. The quantitative estimate of drug-likeness (QED) is 0.202. The fourth-order valence-corrected chi connectivity index (χ4v) is 3.42. The Hall–Kier alpha value is -1.80. The van der Waals surface area contributed by atoms with Crippen molar-refractivity contribution in [1.29, 1.82) is 0 Å². The lowest BCUT2D eigenvalue weighted by atomic mass is 10.0. The zero-order chi connectivity index (χ0) is 17.9. The van der Waals surface area contributed by atoms with Crippen LogP contribution in [0.2, 0.25) is 0 Å².